The van der Waals surface area contributed by atoms with Crippen molar-refractivity contribution < 1.29 is 9.59 Å². The maximum atomic E-state index is 11.8. The number of primary amides is 1. The van der Waals surface area contributed by atoms with Gasteiger partial charge in [0.1, 0.15) is 0 Å². The third-order valence-corrected chi connectivity index (χ3v) is 3.23. The number of nitrogens with two attached hydrogens (primary N) is 1. The molecule has 0 fully saturated rings. The fourth-order valence-corrected chi connectivity index (χ4v) is 2.00. The number of carbonyl (C=O) groups excluding carboxylic acids is 2. The molecule has 0 radical (unpaired) electrons. The topological polar surface area (TPSA) is 60.2 Å². The number of rotatable bonds is 5. The number of Topliss-reactive ketones (excluding diaryl/α,β-unsaturated/α-hetero) is 1. The van der Waals surface area contributed by atoms with Crippen LogP contribution in [-0.4, -0.2) is 11.7 Å². The number of hydrogen-bond donors (Lipinski definition) is 1. The third-order valence-electron chi connectivity index (χ3n) is 2.98. The van der Waals surface area contributed by atoms with E-state index in [0.717, 1.165) is 11.1 Å². The summed E-state index contributed by atoms with van der Waals surface area (Å²) in [5.74, 6) is -0.539. The molecule has 0 bridgehead atoms. The monoisotopic (exact) mass is 287 g/mol. The van der Waals surface area contributed by atoms with E-state index in [0.29, 0.717) is 10.6 Å². The molecule has 1 amide bonds. The first kappa shape index (κ1) is 14.3. The van der Waals surface area contributed by atoms with Crippen LogP contribution in [0.4, 0.5) is 0 Å². The average Bonchev–Trinajstić information content (AvgIpc) is 2.46. The van der Waals surface area contributed by atoms with Crippen molar-refractivity contribution >= 4 is 23.3 Å². The second kappa shape index (κ2) is 6.35. The first-order chi connectivity index (χ1) is 9.56. The lowest BCUT2D eigenvalue weighted by molar-refractivity contribution is -0.118. The summed E-state index contributed by atoms with van der Waals surface area (Å²) in [5, 5.41) is 0.687. The van der Waals surface area contributed by atoms with Crippen LogP contribution in [0.3, 0.4) is 0 Å². The number of carbonyl (C=O) groups is 2. The zero-order valence-corrected chi connectivity index (χ0v) is 11.6. The molecule has 0 spiro atoms. The lowest BCUT2D eigenvalue weighted by Crippen LogP contribution is -2.12. The molecule has 0 heterocycles. The van der Waals surface area contributed by atoms with E-state index >= 15 is 0 Å². The molecule has 2 rings (SSSR count). The van der Waals surface area contributed by atoms with Gasteiger partial charge >= 0.3 is 0 Å². The van der Waals surface area contributed by atoms with Crippen molar-refractivity contribution in [2.45, 2.75) is 12.8 Å². The SMILES string of the molecule is NC(=O)CCC(=O)c1ccc(-c2ccc(Cl)cc2)cc1. The molecule has 0 aliphatic rings. The van der Waals surface area contributed by atoms with Gasteiger partial charge in [-0.2, -0.15) is 0 Å². The van der Waals surface area contributed by atoms with Gasteiger partial charge in [-0.05, 0) is 23.3 Å². The Hall–Kier alpha value is -2.13. The summed E-state index contributed by atoms with van der Waals surface area (Å²) in [6.07, 6.45) is 0.230. The molecule has 0 atom stereocenters. The van der Waals surface area contributed by atoms with Gasteiger partial charge < -0.3 is 5.73 Å². The molecule has 0 aromatic heterocycles. The van der Waals surface area contributed by atoms with Crippen LogP contribution in [-0.2, 0) is 4.79 Å². The van der Waals surface area contributed by atoms with Gasteiger partial charge in [0.05, 0.1) is 0 Å². The normalized spacial score (nSPS) is 10.2. The van der Waals surface area contributed by atoms with Crippen LogP contribution in [0.5, 0.6) is 0 Å². The molecule has 20 heavy (non-hydrogen) atoms. The number of hydrogen-bond acceptors (Lipinski definition) is 2. The van der Waals surface area contributed by atoms with Gasteiger partial charge in [-0.15, -0.1) is 0 Å². The molecule has 4 heteroatoms. The Bertz CT molecular complexity index is 618. The first-order valence-electron chi connectivity index (χ1n) is 6.24. The van der Waals surface area contributed by atoms with Crippen molar-refractivity contribution in [3.63, 3.8) is 0 Å². The molecule has 2 aromatic rings. The van der Waals surface area contributed by atoms with Crippen molar-refractivity contribution in [3.05, 3.63) is 59.1 Å². The molecule has 0 saturated carbocycles. The second-order valence-electron chi connectivity index (χ2n) is 4.47. The Labute approximate surface area is 122 Å². The van der Waals surface area contributed by atoms with Crippen molar-refractivity contribution in [1.82, 2.24) is 0 Å². The molecular formula is C16H14ClNO2. The Kier molecular flexibility index (Phi) is 4.53. The van der Waals surface area contributed by atoms with Crippen LogP contribution < -0.4 is 5.73 Å². The average molecular weight is 288 g/mol. The molecule has 0 saturated heterocycles. The second-order valence-corrected chi connectivity index (χ2v) is 4.91. The smallest absolute Gasteiger partial charge is 0.217 e. The maximum absolute atomic E-state index is 11.8. The minimum Gasteiger partial charge on any atom is -0.370 e. The maximum Gasteiger partial charge on any atom is 0.217 e. The number of amides is 1. The largest absolute Gasteiger partial charge is 0.370 e. The summed E-state index contributed by atoms with van der Waals surface area (Å²) < 4.78 is 0. The van der Waals surface area contributed by atoms with Crippen molar-refractivity contribution in [3.8, 4) is 11.1 Å². The van der Waals surface area contributed by atoms with Crippen LogP contribution >= 0.6 is 11.6 Å². The Balaban J connectivity index is 2.11. The van der Waals surface area contributed by atoms with E-state index < -0.39 is 5.91 Å². The summed E-state index contributed by atoms with van der Waals surface area (Å²) >= 11 is 5.84. The van der Waals surface area contributed by atoms with E-state index in [4.69, 9.17) is 17.3 Å². The third kappa shape index (κ3) is 3.68. The predicted molar refractivity (Wildman–Crippen MR) is 79.6 cm³/mol. The highest BCUT2D eigenvalue weighted by molar-refractivity contribution is 6.30. The van der Waals surface area contributed by atoms with E-state index in [-0.39, 0.29) is 18.6 Å². The molecule has 2 N–H and O–H groups in total. The van der Waals surface area contributed by atoms with Gasteiger partial charge in [0.15, 0.2) is 5.78 Å². The summed E-state index contributed by atoms with van der Waals surface area (Å²) in [5.41, 5.74) is 7.66. The van der Waals surface area contributed by atoms with Crippen LogP contribution in [0.15, 0.2) is 48.5 Å². The highest BCUT2D eigenvalue weighted by atomic mass is 35.5. The Morgan fingerprint density at radius 1 is 0.850 bits per heavy atom. The van der Waals surface area contributed by atoms with Crippen LogP contribution in [0, 0.1) is 0 Å². The van der Waals surface area contributed by atoms with Gasteiger partial charge in [0.25, 0.3) is 0 Å². The molecule has 0 aliphatic heterocycles. The zero-order valence-electron chi connectivity index (χ0n) is 10.8. The molecule has 2 aromatic carbocycles. The summed E-state index contributed by atoms with van der Waals surface area (Å²) in [4.78, 5) is 22.5. The van der Waals surface area contributed by atoms with E-state index in [1.54, 1.807) is 12.1 Å². The minimum absolute atomic E-state index is 0.0774. The standard InChI is InChI=1S/C16H14ClNO2/c17-14-7-5-12(6-8-14)11-1-3-13(4-2-11)15(19)9-10-16(18)20/h1-8H,9-10H2,(H2,18,20). The Morgan fingerprint density at radius 2 is 1.35 bits per heavy atom. The van der Waals surface area contributed by atoms with Crippen LogP contribution in [0.2, 0.25) is 5.02 Å². The fourth-order valence-electron chi connectivity index (χ4n) is 1.87. The highest BCUT2D eigenvalue weighted by Crippen LogP contribution is 2.22. The molecule has 0 aliphatic carbocycles. The van der Waals surface area contributed by atoms with Gasteiger partial charge in [0, 0.05) is 23.4 Å². The lowest BCUT2D eigenvalue weighted by Gasteiger charge is -2.04. The van der Waals surface area contributed by atoms with Gasteiger partial charge in [0.2, 0.25) is 5.91 Å². The zero-order chi connectivity index (χ0) is 14.5. The van der Waals surface area contributed by atoms with Gasteiger partial charge in [-0.1, -0.05) is 48.0 Å². The molecular weight excluding hydrogens is 274 g/mol. The summed E-state index contributed by atoms with van der Waals surface area (Å²) in [7, 11) is 0. The first-order valence-corrected chi connectivity index (χ1v) is 6.61. The van der Waals surface area contributed by atoms with Crippen molar-refractivity contribution in [1.29, 1.82) is 0 Å². The molecule has 102 valence electrons. The number of benzene rings is 2. The summed E-state index contributed by atoms with van der Waals surface area (Å²) in [6.45, 7) is 0. The highest BCUT2D eigenvalue weighted by Gasteiger charge is 2.07. The predicted octanol–water partition coefficient (Wildman–Crippen LogP) is 3.46. The quantitative estimate of drug-likeness (QED) is 0.856. The van der Waals surface area contributed by atoms with Crippen molar-refractivity contribution in [2.75, 3.05) is 0 Å². The van der Waals surface area contributed by atoms with E-state index in [9.17, 15) is 9.59 Å². The summed E-state index contributed by atoms with van der Waals surface area (Å²) in [6, 6.07) is 14.8. The lowest BCUT2D eigenvalue weighted by atomic mass is 10.0. The van der Waals surface area contributed by atoms with Crippen LogP contribution in [0.1, 0.15) is 23.2 Å². The van der Waals surface area contributed by atoms with E-state index in [1.165, 1.54) is 0 Å². The van der Waals surface area contributed by atoms with Crippen LogP contribution in [0.25, 0.3) is 11.1 Å². The Morgan fingerprint density at radius 3 is 1.85 bits per heavy atom. The number of ketones is 1. The number of halogens is 1. The molecule has 3 nitrogen and oxygen atoms in total. The van der Waals surface area contributed by atoms with Gasteiger partial charge in [-0.3, -0.25) is 9.59 Å². The fraction of sp³-hybridized carbons (Fsp3) is 0.125. The van der Waals surface area contributed by atoms with E-state index in [2.05, 4.69) is 0 Å². The van der Waals surface area contributed by atoms with E-state index in [1.807, 2.05) is 36.4 Å². The van der Waals surface area contributed by atoms with Crippen molar-refractivity contribution in [2.24, 2.45) is 5.73 Å². The minimum atomic E-state index is -0.462. The molecule has 0 unspecified atom stereocenters. The van der Waals surface area contributed by atoms with Gasteiger partial charge in [-0.25, -0.2) is 0 Å².